The first kappa shape index (κ1) is 12.0. The lowest BCUT2D eigenvalue weighted by Gasteiger charge is -2.44. The number of hydrogen-bond donors (Lipinski definition) is 1. The molecule has 1 aliphatic heterocycles. The van der Waals surface area contributed by atoms with Crippen molar-refractivity contribution in [2.45, 2.75) is 59.3 Å². The van der Waals surface area contributed by atoms with Crippen LogP contribution in [0.3, 0.4) is 0 Å². The molecule has 1 nitrogen and oxygen atoms in total. The topological polar surface area (TPSA) is 12.0 Å². The summed E-state index contributed by atoms with van der Waals surface area (Å²) >= 11 is 0. The smallest absolute Gasteiger partial charge is 0.00202 e. The molecule has 0 aromatic heterocycles. The van der Waals surface area contributed by atoms with Gasteiger partial charge in [0.25, 0.3) is 0 Å². The molecule has 1 fully saturated rings. The van der Waals surface area contributed by atoms with Gasteiger partial charge in [0.15, 0.2) is 0 Å². The van der Waals surface area contributed by atoms with Crippen LogP contribution < -0.4 is 5.32 Å². The second kappa shape index (κ2) is 5.75. The summed E-state index contributed by atoms with van der Waals surface area (Å²) in [4.78, 5) is 0. The van der Waals surface area contributed by atoms with Gasteiger partial charge in [-0.1, -0.05) is 46.5 Å². The molecule has 1 heteroatoms. The first-order valence-electron chi connectivity index (χ1n) is 6.47. The molecule has 1 heterocycles. The Balaban J connectivity index is 2.30. The summed E-state index contributed by atoms with van der Waals surface area (Å²) in [5.74, 6) is 0.983. The molecule has 0 aliphatic carbocycles. The summed E-state index contributed by atoms with van der Waals surface area (Å²) in [5.41, 5.74) is 0.675. The summed E-state index contributed by atoms with van der Waals surface area (Å²) in [6.07, 6.45) is 8.44. The summed E-state index contributed by atoms with van der Waals surface area (Å²) in [6, 6.07) is 0. The molecule has 0 bridgehead atoms. The van der Waals surface area contributed by atoms with Crippen molar-refractivity contribution in [3.8, 4) is 0 Å². The van der Waals surface area contributed by atoms with Crippen LogP contribution in [0.15, 0.2) is 0 Å². The van der Waals surface area contributed by atoms with Crippen LogP contribution in [0.1, 0.15) is 59.3 Å². The third-order valence-electron chi connectivity index (χ3n) is 4.01. The Morgan fingerprint density at radius 2 is 1.93 bits per heavy atom. The Bertz CT molecular complexity index is 144. The number of hydrogen-bond acceptors (Lipinski definition) is 1. The second-order valence-electron chi connectivity index (χ2n) is 5.08. The number of rotatable bonds is 7. The van der Waals surface area contributed by atoms with Gasteiger partial charge < -0.3 is 5.32 Å². The highest BCUT2D eigenvalue weighted by Crippen LogP contribution is 2.36. The van der Waals surface area contributed by atoms with Crippen LogP contribution in [0.2, 0.25) is 0 Å². The van der Waals surface area contributed by atoms with Crippen LogP contribution >= 0.6 is 0 Å². The molecule has 0 aromatic carbocycles. The maximum Gasteiger partial charge on any atom is 0.00202 e. The Hall–Kier alpha value is -0.0400. The van der Waals surface area contributed by atoms with E-state index in [0.717, 1.165) is 5.92 Å². The Labute approximate surface area is 89.7 Å². The van der Waals surface area contributed by atoms with E-state index in [-0.39, 0.29) is 0 Å². The Morgan fingerprint density at radius 3 is 2.29 bits per heavy atom. The van der Waals surface area contributed by atoms with E-state index >= 15 is 0 Å². The van der Waals surface area contributed by atoms with Gasteiger partial charge >= 0.3 is 0 Å². The first-order valence-corrected chi connectivity index (χ1v) is 6.47. The van der Waals surface area contributed by atoms with Crippen LogP contribution in [0.25, 0.3) is 0 Å². The van der Waals surface area contributed by atoms with Gasteiger partial charge in [-0.05, 0) is 24.2 Å². The predicted octanol–water partition coefficient (Wildman–Crippen LogP) is 3.59. The molecule has 0 radical (unpaired) electrons. The normalized spacial score (nSPS) is 21.6. The monoisotopic (exact) mass is 197 g/mol. The van der Waals surface area contributed by atoms with E-state index in [0.29, 0.717) is 5.41 Å². The summed E-state index contributed by atoms with van der Waals surface area (Å²) in [5, 5.41) is 3.44. The summed E-state index contributed by atoms with van der Waals surface area (Å²) in [7, 11) is 0. The lowest BCUT2D eigenvalue weighted by molar-refractivity contribution is 0.112. The van der Waals surface area contributed by atoms with Gasteiger partial charge in [0.05, 0.1) is 0 Å². The maximum atomic E-state index is 3.44. The van der Waals surface area contributed by atoms with E-state index in [1.807, 2.05) is 0 Å². The van der Waals surface area contributed by atoms with Gasteiger partial charge in [0.2, 0.25) is 0 Å². The molecule has 14 heavy (non-hydrogen) atoms. The fourth-order valence-electron chi connectivity index (χ4n) is 2.57. The summed E-state index contributed by atoms with van der Waals surface area (Å²) in [6.45, 7) is 9.55. The van der Waals surface area contributed by atoms with Crippen molar-refractivity contribution in [2.75, 3.05) is 13.1 Å². The number of unbranched alkanes of at least 4 members (excludes halogenated alkanes) is 1. The summed E-state index contributed by atoms with van der Waals surface area (Å²) < 4.78 is 0. The maximum absolute atomic E-state index is 3.44. The van der Waals surface area contributed by atoms with E-state index in [4.69, 9.17) is 0 Å². The van der Waals surface area contributed by atoms with Crippen LogP contribution in [-0.2, 0) is 0 Å². The van der Waals surface area contributed by atoms with E-state index in [2.05, 4.69) is 26.1 Å². The average molecular weight is 197 g/mol. The molecule has 0 aromatic rings. The molecule has 1 atom stereocenters. The van der Waals surface area contributed by atoms with E-state index in [1.165, 1.54) is 51.6 Å². The minimum absolute atomic E-state index is 0.675. The molecule has 1 rings (SSSR count). The lowest BCUT2D eigenvalue weighted by Crippen LogP contribution is -2.53. The molecule has 1 unspecified atom stereocenters. The third kappa shape index (κ3) is 2.98. The van der Waals surface area contributed by atoms with Crippen LogP contribution in [0.4, 0.5) is 0 Å². The molecule has 1 aliphatic rings. The van der Waals surface area contributed by atoms with Crippen LogP contribution in [-0.4, -0.2) is 13.1 Å². The minimum Gasteiger partial charge on any atom is -0.316 e. The largest absolute Gasteiger partial charge is 0.316 e. The molecule has 84 valence electrons. The van der Waals surface area contributed by atoms with Crippen molar-refractivity contribution >= 4 is 0 Å². The molecular weight excluding hydrogens is 170 g/mol. The quantitative estimate of drug-likeness (QED) is 0.657. The van der Waals surface area contributed by atoms with Gasteiger partial charge in [0.1, 0.15) is 0 Å². The Morgan fingerprint density at radius 1 is 1.21 bits per heavy atom. The molecule has 0 spiro atoms. The zero-order chi connectivity index (χ0) is 10.4. The highest BCUT2D eigenvalue weighted by atomic mass is 15.0. The standard InChI is InChI=1S/C13H27N/c1-4-7-8-12(5-2)9-13(6-3)10-14-11-13/h12,14H,4-11H2,1-3H3. The molecule has 1 saturated heterocycles. The van der Waals surface area contributed by atoms with Crippen molar-refractivity contribution in [3.63, 3.8) is 0 Å². The van der Waals surface area contributed by atoms with E-state index < -0.39 is 0 Å². The van der Waals surface area contributed by atoms with E-state index in [9.17, 15) is 0 Å². The second-order valence-corrected chi connectivity index (χ2v) is 5.08. The Kier molecular flexibility index (Phi) is 4.94. The van der Waals surface area contributed by atoms with Crippen molar-refractivity contribution < 1.29 is 0 Å². The molecule has 1 N–H and O–H groups in total. The molecule has 0 saturated carbocycles. The van der Waals surface area contributed by atoms with Gasteiger partial charge in [-0.2, -0.15) is 0 Å². The zero-order valence-electron chi connectivity index (χ0n) is 10.2. The lowest BCUT2D eigenvalue weighted by atomic mass is 9.71. The SMILES string of the molecule is CCCCC(CC)CC1(CC)CNC1. The van der Waals surface area contributed by atoms with Crippen molar-refractivity contribution in [1.29, 1.82) is 0 Å². The van der Waals surface area contributed by atoms with Crippen molar-refractivity contribution in [2.24, 2.45) is 11.3 Å². The number of nitrogens with one attached hydrogen (secondary N) is 1. The molecule has 0 amide bonds. The van der Waals surface area contributed by atoms with Crippen molar-refractivity contribution in [1.82, 2.24) is 5.32 Å². The van der Waals surface area contributed by atoms with Crippen molar-refractivity contribution in [3.05, 3.63) is 0 Å². The van der Waals surface area contributed by atoms with Crippen LogP contribution in [0.5, 0.6) is 0 Å². The van der Waals surface area contributed by atoms with Gasteiger partial charge in [-0.15, -0.1) is 0 Å². The zero-order valence-corrected chi connectivity index (χ0v) is 10.2. The fraction of sp³-hybridized carbons (Fsp3) is 1.00. The van der Waals surface area contributed by atoms with Crippen LogP contribution in [0, 0.1) is 11.3 Å². The highest BCUT2D eigenvalue weighted by Gasteiger charge is 2.36. The van der Waals surface area contributed by atoms with Gasteiger partial charge in [-0.3, -0.25) is 0 Å². The minimum atomic E-state index is 0.675. The fourth-order valence-corrected chi connectivity index (χ4v) is 2.57. The predicted molar refractivity (Wildman–Crippen MR) is 63.5 cm³/mol. The average Bonchev–Trinajstić information content (AvgIpc) is 2.16. The van der Waals surface area contributed by atoms with E-state index in [1.54, 1.807) is 0 Å². The van der Waals surface area contributed by atoms with Gasteiger partial charge in [-0.25, -0.2) is 0 Å². The first-order chi connectivity index (χ1) is 6.76. The van der Waals surface area contributed by atoms with Gasteiger partial charge in [0, 0.05) is 13.1 Å². The third-order valence-corrected chi connectivity index (χ3v) is 4.01. The highest BCUT2D eigenvalue weighted by molar-refractivity contribution is 4.92. The molecular formula is C13H27N.